The van der Waals surface area contributed by atoms with Crippen molar-refractivity contribution in [3.63, 3.8) is 0 Å². The summed E-state index contributed by atoms with van der Waals surface area (Å²) in [5.41, 5.74) is 0.963. The molecular weight excluding hydrogens is 258 g/mol. The number of carbonyl (C=O) groups is 1. The maximum absolute atomic E-state index is 12.0. The zero-order valence-corrected chi connectivity index (χ0v) is 11.7. The fraction of sp³-hybridized carbons (Fsp3) is 0.533. The Hall–Kier alpha value is -1.59. The highest BCUT2D eigenvalue weighted by molar-refractivity contribution is 5.67. The number of amides is 1. The Morgan fingerprint density at radius 3 is 2.70 bits per heavy atom. The van der Waals surface area contributed by atoms with Gasteiger partial charge in [-0.1, -0.05) is 30.3 Å². The van der Waals surface area contributed by atoms with E-state index in [1.807, 2.05) is 30.3 Å². The van der Waals surface area contributed by atoms with Crippen molar-refractivity contribution in [2.24, 2.45) is 0 Å². The van der Waals surface area contributed by atoms with E-state index in [0.717, 1.165) is 5.56 Å². The van der Waals surface area contributed by atoms with E-state index in [-0.39, 0.29) is 18.8 Å². The molecule has 1 amide bonds. The minimum absolute atomic E-state index is 0.207. The molecule has 1 aromatic carbocycles. The molecule has 1 unspecified atom stereocenters. The number of rotatable bonds is 3. The Morgan fingerprint density at radius 2 is 2.00 bits per heavy atom. The maximum Gasteiger partial charge on any atom is 0.410 e. The summed E-state index contributed by atoms with van der Waals surface area (Å²) < 4.78 is 10.5. The van der Waals surface area contributed by atoms with Crippen molar-refractivity contribution < 1.29 is 19.4 Å². The summed E-state index contributed by atoms with van der Waals surface area (Å²) in [4.78, 5) is 13.6. The lowest BCUT2D eigenvalue weighted by Crippen LogP contribution is -2.32. The van der Waals surface area contributed by atoms with Crippen LogP contribution in [0, 0.1) is 0 Å². The van der Waals surface area contributed by atoms with Gasteiger partial charge in [0.05, 0.1) is 12.2 Å². The van der Waals surface area contributed by atoms with Crippen molar-refractivity contribution in [3.05, 3.63) is 35.9 Å². The second-order valence-electron chi connectivity index (χ2n) is 4.95. The summed E-state index contributed by atoms with van der Waals surface area (Å²) in [6.07, 6.45) is 0.0727. The summed E-state index contributed by atoms with van der Waals surface area (Å²) in [6, 6.07) is 9.58. The number of carbonyl (C=O) groups excluding carboxylic acids is 1. The van der Waals surface area contributed by atoms with Gasteiger partial charge in [0.15, 0.2) is 0 Å². The van der Waals surface area contributed by atoms with E-state index < -0.39 is 6.10 Å². The normalized spacial score (nSPS) is 23.2. The third-order valence-electron chi connectivity index (χ3n) is 3.57. The van der Waals surface area contributed by atoms with Crippen molar-refractivity contribution >= 4 is 6.09 Å². The molecule has 0 saturated carbocycles. The number of ether oxygens (including phenoxy) is 2. The van der Waals surface area contributed by atoms with Gasteiger partial charge in [-0.3, -0.25) is 0 Å². The largest absolute Gasteiger partial charge is 0.445 e. The van der Waals surface area contributed by atoms with Gasteiger partial charge in [-0.25, -0.2) is 4.79 Å². The highest BCUT2D eigenvalue weighted by Crippen LogP contribution is 2.15. The van der Waals surface area contributed by atoms with Crippen LogP contribution in [0.4, 0.5) is 4.79 Å². The molecule has 2 atom stereocenters. The molecule has 0 aliphatic carbocycles. The van der Waals surface area contributed by atoms with Crippen LogP contribution in [0.15, 0.2) is 30.3 Å². The van der Waals surface area contributed by atoms with Gasteiger partial charge in [0.1, 0.15) is 6.61 Å². The molecule has 110 valence electrons. The van der Waals surface area contributed by atoms with Gasteiger partial charge in [0.25, 0.3) is 0 Å². The first kappa shape index (κ1) is 14.8. The Kier molecular flexibility index (Phi) is 5.38. The van der Waals surface area contributed by atoms with Crippen LogP contribution in [0.3, 0.4) is 0 Å². The maximum atomic E-state index is 12.0. The van der Waals surface area contributed by atoms with Crippen LogP contribution in [0.1, 0.15) is 18.4 Å². The van der Waals surface area contributed by atoms with Crippen molar-refractivity contribution in [1.29, 1.82) is 0 Å². The molecule has 1 fully saturated rings. The molecule has 2 rings (SSSR count). The number of aliphatic hydroxyl groups excluding tert-OH is 1. The summed E-state index contributed by atoms with van der Waals surface area (Å²) in [5, 5.41) is 9.85. The second-order valence-corrected chi connectivity index (χ2v) is 4.95. The SMILES string of the molecule is CO[C@H]1CCN(C(=O)OCc2ccccc2)CCC1O. The molecule has 0 bridgehead atoms. The summed E-state index contributed by atoms with van der Waals surface area (Å²) in [7, 11) is 1.58. The molecule has 5 heteroatoms. The number of nitrogens with zero attached hydrogens (tertiary/aromatic N) is 1. The van der Waals surface area contributed by atoms with Crippen LogP contribution in [0.2, 0.25) is 0 Å². The first-order valence-electron chi connectivity index (χ1n) is 6.87. The van der Waals surface area contributed by atoms with Crippen LogP contribution in [0.25, 0.3) is 0 Å². The van der Waals surface area contributed by atoms with Crippen molar-refractivity contribution in [3.8, 4) is 0 Å². The van der Waals surface area contributed by atoms with E-state index in [1.54, 1.807) is 12.0 Å². The van der Waals surface area contributed by atoms with E-state index in [1.165, 1.54) is 0 Å². The van der Waals surface area contributed by atoms with Gasteiger partial charge in [-0.15, -0.1) is 0 Å². The average molecular weight is 279 g/mol. The number of methoxy groups -OCH3 is 1. The van der Waals surface area contributed by atoms with E-state index >= 15 is 0 Å². The van der Waals surface area contributed by atoms with Gasteiger partial charge in [-0.05, 0) is 18.4 Å². The standard InChI is InChI=1S/C15H21NO4/c1-19-14-8-10-16(9-7-13(14)17)15(18)20-11-12-5-3-2-4-6-12/h2-6,13-14,17H,7-11H2,1H3/t13?,14-/m0/s1. The second kappa shape index (κ2) is 7.26. The molecule has 5 nitrogen and oxygen atoms in total. The first-order valence-corrected chi connectivity index (χ1v) is 6.87. The highest BCUT2D eigenvalue weighted by atomic mass is 16.6. The lowest BCUT2D eigenvalue weighted by Gasteiger charge is -2.19. The lowest BCUT2D eigenvalue weighted by molar-refractivity contribution is -0.0122. The lowest BCUT2D eigenvalue weighted by atomic mass is 10.1. The van der Waals surface area contributed by atoms with E-state index in [9.17, 15) is 9.90 Å². The molecule has 1 aromatic rings. The predicted molar refractivity (Wildman–Crippen MR) is 74.2 cm³/mol. The van der Waals surface area contributed by atoms with E-state index in [0.29, 0.717) is 25.9 Å². The van der Waals surface area contributed by atoms with Gasteiger partial charge in [-0.2, -0.15) is 0 Å². The van der Waals surface area contributed by atoms with Gasteiger partial charge >= 0.3 is 6.09 Å². The molecule has 0 aromatic heterocycles. The van der Waals surface area contributed by atoms with Crippen molar-refractivity contribution in [2.45, 2.75) is 31.7 Å². The Balaban J connectivity index is 1.83. The Morgan fingerprint density at radius 1 is 1.30 bits per heavy atom. The minimum Gasteiger partial charge on any atom is -0.445 e. The molecule has 20 heavy (non-hydrogen) atoms. The third kappa shape index (κ3) is 3.95. The smallest absolute Gasteiger partial charge is 0.410 e. The predicted octanol–water partition coefficient (Wildman–Crippen LogP) is 1.79. The van der Waals surface area contributed by atoms with Gasteiger partial charge < -0.3 is 19.5 Å². The monoisotopic (exact) mass is 279 g/mol. The summed E-state index contributed by atoms with van der Waals surface area (Å²) in [6.45, 7) is 1.31. The molecule has 0 spiro atoms. The summed E-state index contributed by atoms with van der Waals surface area (Å²) in [5.74, 6) is 0. The highest BCUT2D eigenvalue weighted by Gasteiger charge is 2.27. The Bertz CT molecular complexity index is 423. The van der Waals surface area contributed by atoms with Crippen molar-refractivity contribution in [2.75, 3.05) is 20.2 Å². The van der Waals surface area contributed by atoms with Crippen LogP contribution < -0.4 is 0 Å². The first-order chi connectivity index (χ1) is 9.70. The van der Waals surface area contributed by atoms with E-state index in [2.05, 4.69) is 0 Å². The topological polar surface area (TPSA) is 59.0 Å². The molecule has 1 N–H and O–H groups in total. The van der Waals surface area contributed by atoms with Crippen LogP contribution in [-0.2, 0) is 16.1 Å². The van der Waals surface area contributed by atoms with Gasteiger partial charge in [0, 0.05) is 20.2 Å². The van der Waals surface area contributed by atoms with Crippen LogP contribution in [-0.4, -0.2) is 48.5 Å². The van der Waals surface area contributed by atoms with Crippen molar-refractivity contribution in [1.82, 2.24) is 4.90 Å². The fourth-order valence-corrected chi connectivity index (χ4v) is 2.33. The van der Waals surface area contributed by atoms with Gasteiger partial charge in [0.2, 0.25) is 0 Å². The quantitative estimate of drug-likeness (QED) is 0.916. The number of likely N-dealkylation sites (tertiary alicyclic amines) is 1. The number of benzene rings is 1. The molecule has 1 aliphatic rings. The average Bonchev–Trinajstić information content (AvgIpc) is 2.67. The van der Waals surface area contributed by atoms with E-state index in [4.69, 9.17) is 9.47 Å². The third-order valence-corrected chi connectivity index (χ3v) is 3.57. The minimum atomic E-state index is -0.521. The summed E-state index contributed by atoms with van der Waals surface area (Å²) >= 11 is 0. The number of hydrogen-bond donors (Lipinski definition) is 1. The molecular formula is C15H21NO4. The molecule has 1 heterocycles. The number of aliphatic hydroxyl groups is 1. The molecule has 0 radical (unpaired) electrons. The van der Waals surface area contributed by atoms with Crippen LogP contribution >= 0.6 is 0 Å². The zero-order valence-electron chi connectivity index (χ0n) is 11.7. The van der Waals surface area contributed by atoms with Crippen LogP contribution in [0.5, 0.6) is 0 Å². The zero-order chi connectivity index (χ0) is 14.4. The fourth-order valence-electron chi connectivity index (χ4n) is 2.33. The molecule has 1 aliphatic heterocycles. The number of hydrogen-bond acceptors (Lipinski definition) is 4. The Labute approximate surface area is 119 Å². The molecule has 1 saturated heterocycles.